The first-order chi connectivity index (χ1) is 11.0. The Morgan fingerprint density at radius 2 is 2.04 bits per heavy atom. The molecule has 11 heteroatoms. The molecule has 11 nitrogen and oxygen atoms in total. The van der Waals surface area contributed by atoms with Crippen LogP contribution in [-0.2, 0) is 11.3 Å². The van der Waals surface area contributed by atoms with Crippen molar-refractivity contribution in [2.45, 2.75) is 31.1 Å². The zero-order valence-corrected chi connectivity index (χ0v) is 12.0. The van der Waals surface area contributed by atoms with Crippen molar-refractivity contribution in [3.63, 3.8) is 0 Å². The van der Waals surface area contributed by atoms with Crippen LogP contribution in [0.4, 0.5) is 5.95 Å². The fourth-order valence-electron chi connectivity index (χ4n) is 2.63. The number of aliphatic hydroxyl groups excluding tert-OH is 4. The number of hydrogen-bond donors (Lipinski definition) is 5. The number of imidazole rings is 1. The first-order valence-electron chi connectivity index (χ1n) is 6.95. The van der Waals surface area contributed by atoms with E-state index in [1.54, 1.807) is 0 Å². The van der Waals surface area contributed by atoms with Gasteiger partial charge in [-0.3, -0.25) is 13.9 Å². The minimum absolute atomic E-state index is 0.00890. The van der Waals surface area contributed by atoms with Crippen LogP contribution < -0.4 is 11.3 Å². The van der Waals surface area contributed by atoms with Gasteiger partial charge >= 0.3 is 0 Å². The minimum Gasteiger partial charge on any atom is -0.395 e. The summed E-state index contributed by atoms with van der Waals surface area (Å²) in [6.07, 6.45) is -3.39. The molecular weight excluding hydrogens is 310 g/mol. The van der Waals surface area contributed by atoms with Crippen molar-refractivity contribution in [2.24, 2.45) is 0 Å². The SMILES string of the molecule is Nc1nc2c(ncn2[C@@H]2O[C@H](CO)[C@@H](O)[C@H]2O)c(=O)n1CCO. The molecule has 23 heavy (non-hydrogen) atoms. The van der Waals surface area contributed by atoms with Crippen LogP contribution in [-0.4, -0.2) is 71.1 Å². The summed E-state index contributed by atoms with van der Waals surface area (Å²) in [4.78, 5) is 20.3. The minimum atomic E-state index is -1.33. The lowest BCUT2D eigenvalue weighted by Crippen LogP contribution is -2.33. The summed E-state index contributed by atoms with van der Waals surface area (Å²) >= 11 is 0. The topological polar surface area (TPSA) is 169 Å². The molecule has 1 aliphatic heterocycles. The standard InChI is InChI=1S/C12H17N5O6/c13-12-15-9-6(10(22)16(12)1-2-18)14-4-17(9)11-8(21)7(20)5(3-19)23-11/h4-5,7-8,11,18-21H,1-3H2,(H2,13,15)/t5-,7-,8-,11-/m1/s1. The van der Waals surface area contributed by atoms with Crippen molar-refractivity contribution in [3.05, 3.63) is 16.7 Å². The van der Waals surface area contributed by atoms with Crippen LogP contribution in [0.25, 0.3) is 11.2 Å². The second kappa shape index (κ2) is 5.86. The molecule has 6 N–H and O–H groups in total. The maximum Gasteiger partial charge on any atom is 0.283 e. The molecule has 0 unspecified atom stereocenters. The summed E-state index contributed by atoms with van der Waals surface area (Å²) in [5, 5.41) is 38.0. The Morgan fingerprint density at radius 1 is 1.30 bits per heavy atom. The zero-order chi connectivity index (χ0) is 16.7. The number of aromatic nitrogens is 4. The lowest BCUT2D eigenvalue weighted by molar-refractivity contribution is -0.0511. The van der Waals surface area contributed by atoms with Crippen molar-refractivity contribution >= 4 is 17.1 Å². The first kappa shape index (κ1) is 15.8. The summed E-state index contributed by atoms with van der Waals surface area (Å²) in [5.41, 5.74) is 5.26. The lowest BCUT2D eigenvalue weighted by Gasteiger charge is -2.16. The number of nitrogen functional groups attached to an aromatic ring is 1. The number of nitrogens with two attached hydrogens (primary N) is 1. The molecule has 0 spiro atoms. The summed E-state index contributed by atoms with van der Waals surface area (Å²) in [5.74, 6) is -0.120. The van der Waals surface area contributed by atoms with Gasteiger partial charge in [-0.1, -0.05) is 0 Å². The van der Waals surface area contributed by atoms with E-state index in [1.807, 2.05) is 0 Å². The van der Waals surface area contributed by atoms with Crippen LogP contribution in [0.3, 0.4) is 0 Å². The molecule has 1 saturated heterocycles. The number of fused-ring (bicyclic) bond motifs is 1. The van der Waals surface area contributed by atoms with Crippen LogP contribution in [0.15, 0.2) is 11.1 Å². The molecule has 0 bridgehead atoms. The lowest BCUT2D eigenvalue weighted by atomic mass is 10.1. The van der Waals surface area contributed by atoms with E-state index < -0.39 is 36.7 Å². The van der Waals surface area contributed by atoms with Crippen LogP contribution >= 0.6 is 0 Å². The van der Waals surface area contributed by atoms with Crippen LogP contribution in [0.2, 0.25) is 0 Å². The highest BCUT2D eigenvalue weighted by Gasteiger charge is 2.44. The molecule has 126 valence electrons. The molecule has 3 heterocycles. The molecule has 2 aromatic rings. The van der Waals surface area contributed by atoms with Crippen molar-refractivity contribution < 1.29 is 25.2 Å². The third kappa shape index (κ3) is 2.38. The van der Waals surface area contributed by atoms with Gasteiger partial charge in [-0.05, 0) is 0 Å². The molecule has 1 fully saturated rings. The van der Waals surface area contributed by atoms with E-state index in [0.29, 0.717) is 0 Å². The Kier molecular flexibility index (Phi) is 4.04. The quantitative estimate of drug-likeness (QED) is 0.387. The van der Waals surface area contributed by atoms with Crippen molar-refractivity contribution in [1.82, 2.24) is 19.1 Å². The average molecular weight is 327 g/mol. The van der Waals surface area contributed by atoms with E-state index in [0.717, 1.165) is 4.57 Å². The predicted octanol–water partition coefficient (Wildman–Crippen LogP) is -3.22. The Morgan fingerprint density at radius 3 is 2.65 bits per heavy atom. The van der Waals surface area contributed by atoms with Gasteiger partial charge in [-0.25, -0.2) is 4.98 Å². The predicted molar refractivity (Wildman–Crippen MR) is 76.3 cm³/mol. The number of hydrogen-bond acceptors (Lipinski definition) is 9. The molecule has 4 atom stereocenters. The summed E-state index contributed by atoms with van der Waals surface area (Å²) in [7, 11) is 0. The van der Waals surface area contributed by atoms with Gasteiger partial charge in [0.05, 0.1) is 26.1 Å². The third-order valence-electron chi connectivity index (χ3n) is 3.83. The molecule has 1 aliphatic rings. The number of nitrogens with zero attached hydrogens (tertiary/aromatic N) is 4. The number of ether oxygens (including phenoxy) is 1. The molecule has 2 aromatic heterocycles. The molecule has 3 rings (SSSR count). The molecule has 0 saturated carbocycles. The second-order valence-corrected chi connectivity index (χ2v) is 5.20. The van der Waals surface area contributed by atoms with E-state index >= 15 is 0 Å². The van der Waals surface area contributed by atoms with E-state index in [2.05, 4.69) is 9.97 Å². The van der Waals surface area contributed by atoms with Gasteiger partial charge in [0.2, 0.25) is 5.95 Å². The maximum atomic E-state index is 12.3. The van der Waals surface area contributed by atoms with Crippen LogP contribution in [0.1, 0.15) is 6.23 Å². The number of anilines is 1. The molecule has 0 radical (unpaired) electrons. The molecular formula is C12H17N5O6. The second-order valence-electron chi connectivity index (χ2n) is 5.20. The average Bonchev–Trinajstić information content (AvgIpc) is 3.06. The van der Waals surface area contributed by atoms with Gasteiger partial charge in [0.1, 0.15) is 18.3 Å². The Hall–Kier alpha value is -2.05. The highest BCUT2D eigenvalue weighted by Crippen LogP contribution is 2.30. The van der Waals surface area contributed by atoms with Gasteiger partial charge < -0.3 is 30.9 Å². The van der Waals surface area contributed by atoms with E-state index in [4.69, 9.17) is 20.7 Å². The van der Waals surface area contributed by atoms with Crippen molar-refractivity contribution in [3.8, 4) is 0 Å². The van der Waals surface area contributed by atoms with Crippen molar-refractivity contribution in [1.29, 1.82) is 0 Å². The maximum absolute atomic E-state index is 12.3. The summed E-state index contributed by atoms with van der Waals surface area (Å²) in [6.45, 7) is -0.776. The van der Waals surface area contributed by atoms with E-state index in [-0.39, 0.29) is 30.3 Å². The van der Waals surface area contributed by atoms with Gasteiger partial charge in [-0.15, -0.1) is 0 Å². The zero-order valence-electron chi connectivity index (χ0n) is 12.0. The number of rotatable bonds is 4. The van der Waals surface area contributed by atoms with Gasteiger partial charge in [0.15, 0.2) is 17.4 Å². The first-order valence-corrected chi connectivity index (χ1v) is 6.95. The summed E-state index contributed by atoms with van der Waals surface area (Å²) < 4.78 is 7.75. The summed E-state index contributed by atoms with van der Waals surface area (Å²) in [6, 6.07) is 0. The Labute approximate surface area is 129 Å². The molecule has 0 amide bonds. The van der Waals surface area contributed by atoms with Gasteiger partial charge in [0, 0.05) is 0 Å². The third-order valence-corrected chi connectivity index (χ3v) is 3.83. The van der Waals surface area contributed by atoms with Crippen LogP contribution in [0.5, 0.6) is 0 Å². The molecule has 0 aromatic carbocycles. The Balaban J connectivity index is 2.09. The van der Waals surface area contributed by atoms with E-state index in [1.165, 1.54) is 10.9 Å². The monoisotopic (exact) mass is 327 g/mol. The van der Waals surface area contributed by atoms with Crippen LogP contribution in [0, 0.1) is 0 Å². The number of aliphatic hydroxyl groups is 4. The Bertz CT molecular complexity index is 773. The largest absolute Gasteiger partial charge is 0.395 e. The molecule has 0 aliphatic carbocycles. The van der Waals surface area contributed by atoms with E-state index in [9.17, 15) is 15.0 Å². The normalized spacial score (nSPS) is 27.8. The van der Waals surface area contributed by atoms with Gasteiger partial charge in [-0.2, -0.15) is 4.98 Å². The van der Waals surface area contributed by atoms with Crippen molar-refractivity contribution in [2.75, 3.05) is 18.9 Å². The smallest absolute Gasteiger partial charge is 0.283 e. The van der Waals surface area contributed by atoms with Gasteiger partial charge in [0.25, 0.3) is 5.56 Å². The fourth-order valence-corrected chi connectivity index (χ4v) is 2.63. The highest BCUT2D eigenvalue weighted by atomic mass is 16.6. The fraction of sp³-hybridized carbons (Fsp3) is 0.583. The highest BCUT2D eigenvalue weighted by molar-refractivity contribution is 5.71.